The van der Waals surface area contributed by atoms with Gasteiger partial charge in [-0.1, -0.05) is 91.0 Å². The molecule has 0 aliphatic carbocycles. The van der Waals surface area contributed by atoms with E-state index in [0.717, 1.165) is 33.3 Å². The van der Waals surface area contributed by atoms with Crippen molar-refractivity contribution in [2.75, 3.05) is 0 Å². The van der Waals surface area contributed by atoms with E-state index in [1.165, 1.54) is 54.7 Å². The lowest BCUT2D eigenvalue weighted by molar-refractivity contribution is 0.668. The normalized spacial score (nSPS) is 12.0. The summed E-state index contributed by atoms with van der Waals surface area (Å²) >= 11 is 0. The third-order valence-corrected chi connectivity index (χ3v) is 9.32. The minimum atomic E-state index is 0.883. The van der Waals surface area contributed by atoms with Crippen LogP contribution in [0.3, 0.4) is 0 Å². The smallest absolute Gasteiger partial charge is 0.137 e. The Morgan fingerprint density at radius 2 is 0.778 bits per heavy atom. The van der Waals surface area contributed by atoms with E-state index in [9.17, 15) is 0 Å². The van der Waals surface area contributed by atoms with Crippen LogP contribution in [0.1, 0.15) is 0 Å². The Kier molecular flexibility index (Phi) is 5.00. The molecule has 3 heterocycles. The van der Waals surface area contributed by atoms with E-state index in [-0.39, 0.29) is 0 Å². The number of hydrogen-bond donors (Lipinski definition) is 0. The van der Waals surface area contributed by atoms with Crippen LogP contribution in [0, 0.1) is 0 Å². The molecule has 3 heteroatoms. The van der Waals surface area contributed by atoms with Gasteiger partial charge in [0.1, 0.15) is 11.2 Å². The van der Waals surface area contributed by atoms with Crippen LogP contribution in [-0.2, 0) is 0 Å². The topological polar surface area (TPSA) is 23.0 Å². The first kappa shape index (κ1) is 24.4. The fraction of sp³-hybridized carbons (Fsp3) is 0. The van der Waals surface area contributed by atoms with Crippen molar-refractivity contribution in [3.05, 3.63) is 158 Å². The van der Waals surface area contributed by atoms with Gasteiger partial charge in [-0.25, -0.2) is 0 Å². The van der Waals surface area contributed by atoms with E-state index in [0.29, 0.717) is 0 Å². The van der Waals surface area contributed by atoms with E-state index in [1.54, 1.807) is 0 Å². The van der Waals surface area contributed by atoms with Crippen LogP contribution in [0.15, 0.2) is 162 Å². The molecule has 0 aliphatic heterocycles. The third-order valence-electron chi connectivity index (χ3n) is 9.32. The molecule has 0 radical (unpaired) electrons. The summed E-state index contributed by atoms with van der Waals surface area (Å²) in [5, 5.41) is 7.23. The molecule has 0 N–H and O–H groups in total. The highest BCUT2D eigenvalue weighted by atomic mass is 16.3. The van der Waals surface area contributed by atoms with Crippen LogP contribution >= 0.6 is 0 Å². The molecule has 0 amide bonds. The molecule has 10 rings (SSSR count). The van der Waals surface area contributed by atoms with Gasteiger partial charge in [0.15, 0.2) is 0 Å². The largest absolute Gasteiger partial charge is 0.456 e. The van der Waals surface area contributed by atoms with Gasteiger partial charge in [-0.2, -0.15) is 0 Å². The Morgan fingerprint density at radius 3 is 1.33 bits per heavy atom. The summed E-state index contributed by atoms with van der Waals surface area (Å²) < 4.78 is 11.3. The molecular formula is C42H26N2O. The molecule has 45 heavy (non-hydrogen) atoms. The van der Waals surface area contributed by atoms with E-state index >= 15 is 0 Å². The molecule has 7 aromatic carbocycles. The lowest BCUT2D eigenvalue weighted by Crippen LogP contribution is -1.93. The maximum Gasteiger partial charge on any atom is 0.137 e. The zero-order chi connectivity index (χ0) is 29.5. The number of rotatable bonds is 3. The number of furan rings is 1. The van der Waals surface area contributed by atoms with Gasteiger partial charge in [-0.05, 0) is 65.7 Å². The van der Waals surface area contributed by atoms with Crippen molar-refractivity contribution in [3.8, 4) is 22.5 Å². The van der Waals surface area contributed by atoms with Gasteiger partial charge in [0, 0.05) is 55.8 Å². The molecule has 3 aromatic heterocycles. The number of benzene rings is 7. The minimum Gasteiger partial charge on any atom is -0.456 e. The van der Waals surface area contributed by atoms with Crippen LogP contribution < -0.4 is 0 Å². The monoisotopic (exact) mass is 574 g/mol. The number of para-hydroxylation sites is 3. The van der Waals surface area contributed by atoms with Gasteiger partial charge >= 0.3 is 0 Å². The molecule has 3 nitrogen and oxygen atoms in total. The quantitative estimate of drug-likeness (QED) is 0.206. The van der Waals surface area contributed by atoms with Crippen molar-refractivity contribution in [2.45, 2.75) is 0 Å². The molecule has 0 fully saturated rings. The van der Waals surface area contributed by atoms with Crippen LogP contribution in [0.5, 0.6) is 0 Å². The first-order chi connectivity index (χ1) is 22.3. The van der Waals surface area contributed by atoms with Crippen molar-refractivity contribution in [1.29, 1.82) is 0 Å². The average molecular weight is 575 g/mol. The number of aromatic nitrogens is 2. The van der Waals surface area contributed by atoms with Crippen LogP contribution in [0.2, 0.25) is 0 Å². The van der Waals surface area contributed by atoms with Gasteiger partial charge < -0.3 is 13.6 Å². The number of hydrogen-bond acceptors (Lipinski definition) is 1. The summed E-state index contributed by atoms with van der Waals surface area (Å²) in [4.78, 5) is 0. The molecule has 210 valence electrons. The summed E-state index contributed by atoms with van der Waals surface area (Å²) in [6, 6.07) is 56.5. The molecule has 0 unspecified atom stereocenters. The molecule has 0 saturated carbocycles. The minimum absolute atomic E-state index is 0.883. The zero-order valence-corrected chi connectivity index (χ0v) is 24.3. The van der Waals surface area contributed by atoms with E-state index in [1.807, 2.05) is 0 Å². The maximum absolute atomic E-state index is 6.63. The molecular weight excluding hydrogens is 548 g/mol. The highest BCUT2D eigenvalue weighted by Gasteiger charge is 2.17. The molecule has 0 atom stereocenters. The van der Waals surface area contributed by atoms with Crippen LogP contribution in [0.4, 0.5) is 0 Å². The number of nitrogens with zero attached hydrogens (tertiary/aromatic N) is 2. The summed E-state index contributed by atoms with van der Waals surface area (Å²) in [6.45, 7) is 0. The van der Waals surface area contributed by atoms with Gasteiger partial charge in [0.2, 0.25) is 0 Å². The predicted octanol–water partition coefficient (Wildman–Crippen LogP) is 11.4. The van der Waals surface area contributed by atoms with E-state index in [2.05, 4.69) is 167 Å². The summed E-state index contributed by atoms with van der Waals surface area (Å²) in [5.74, 6) is 0. The first-order valence-corrected chi connectivity index (χ1v) is 15.4. The van der Waals surface area contributed by atoms with Crippen molar-refractivity contribution < 1.29 is 4.42 Å². The van der Waals surface area contributed by atoms with Crippen molar-refractivity contribution >= 4 is 65.6 Å². The lowest BCUT2D eigenvalue weighted by Gasteiger charge is -2.08. The lowest BCUT2D eigenvalue weighted by atomic mass is 10.0. The third kappa shape index (κ3) is 3.52. The first-order valence-electron chi connectivity index (χ1n) is 15.4. The van der Waals surface area contributed by atoms with Crippen LogP contribution in [0.25, 0.3) is 88.1 Å². The second kappa shape index (κ2) is 9.22. The second-order valence-corrected chi connectivity index (χ2v) is 11.8. The Labute approximate surface area is 258 Å². The Bertz CT molecular complexity index is 2710. The average Bonchev–Trinajstić information content (AvgIpc) is 3.75. The second-order valence-electron chi connectivity index (χ2n) is 11.8. The molecule has 0 saturated heterocycles. The summed E-state index contributed by atoms with van der Waals surface area (Å²) in [7, 11) is 0. The van der Waals surface area contributed by atoms with Crippen molar-refractivity contribution in [2.24, 2.45) is 0 Å². The molecule has 0 bridgehead atoms. The predicted molar refractivity (Wildman–Crippen MR) is 188 cm³/mol. The van der Waals surface area contributed by atoms with Crippen molar-refractivity contribution in [3.63, 3.8) is 0 Å². The van der Waals surface area contributed by atoms with Gasteiger partial charge in [0.25, 0.3) is 0 Å². The summed E-state index contributed by atoms with van der Waals surface area (Å²) in [6.07, 6.45) is 0. The Hall–Kier alpha value is -6.06. The highest BCUT2D eigenvalue weighted by molar-refractivity contribution is 6.12. The van der Waals surface area contributed by atoms with Gasteiger partial charge in [-0.3, -0.25) is 0 Å². The molecule has 10 aromatic rings. The standard InChI is InChI=1S/C42H26N2O/c1-2-10-27(11-3-1)28-18-23-40-36(24-28)33-14-6-9-17-39(33)44(40)30-20-22-35-34-21-19-29(25-41(34)45-42(35)26-30)43-37-15-7-4-12-31(37)32-13-5-8-16-38(32)43/h1-26H. The summed E-state index contributed by atoms with van der Waals surface area (Å²) in [5.41, 5.74) is 11.1. The van der Waals surface area contributed by atoms with Crippen molar-refractivity contribution in [1.82, 2.24) is 9.13 Å². The molecule has 0 spiro atoms. The maximum atomic E-state index is 6.63. The SMILES string of the molecule is c1ccc(-c2ccc3c(c2)c2ccccc2n3-c2ccc3c(c2)oc2cc(-n4c5ccccc5c5ccccc54)ccc23)cc1. The van der Waals surface area contributed by atoms with Gasteiger partial charge in [-0.15, -0.1) is 0 Å². The zero-order valence-electron chi connectivity index (χ0n) is 24.3. The molecule has 0 aliphatic rings. The number of fused-ring (bicyclic) bond motifs is 9. The van der Waals surface area contributed by atoms with Crippen LogP contribution in [-0.4, -0.2) is 9.13 Å². The Balaban J connectivity index is 1.15. The highest BCUT2D eigenvalue weighted by Crippen LogP contribution is 2.38. The van der Waals surface area contributed by atoms with E-state index in [4.69, 9.17) is 4.42 Å². The Morgan fingerprint density at radius 1 is 0.311 bits per heavy atom. The van der Waals surface area contributed by atoms with E-state index < -0.39 is 0 Å². The fourth-order valence-corrected chi connectivity index (χ4v) is 7.29. The van der Waals surface area contributed by atoms with Gasteiger partial charge in [0.05, 0.1) is 22.1 Å². The fourth-order valence-electron chi connectivity index (χ4n) is 7.29.